The van der Waals surface area contributed by atoms with Crippen molar-refractivity contribution < 1.29 is 22.7 Å². The number of hydrogen-bond acceptors (Lipinski definition) is 6. The van der Waals surface area contributed by atoms with E-state index < -0.39 is 15.9 Å². The predicted octanol–water partition coefficient (Wildman–Crippen LogP) is 2.40. The van der Waals surface area contributed by atoms with Crippen molar-refractivity contribution in [3.05, 3.63) is 45.6 Å². The van der Waals surface area contributed by atoms with Gasteiger partial charge in [-0.2, -0.15) is 0 Å². The summed E-state index contributed by atoms with van der Waals surface area (Å²) in [6, 6.07) is 7.92. The molecule has 3 rings (SSSR count). The number of benzene rings is 1. The quantitative estimate of drug-likeness (QED) is 0.518. The van der Waals surface area contributed by atoms with E-state index in [1.165, 1.54) is 33.9 Å². The van der Waals surface area contributed by atoms with Gasteiger partial charge in [0, 0.05) is 17.8 Å². The molecule has 0 spiro atoms. The predicted molar refractivity (Wildman–Crippen MR) is 119 cm³/mol. The molecule has 8 nitrogen and oxygen atoms in total. The Balaban J connectivity index is 1.43. The van der Waals surface area contributed by atoms with Crippen LogP contribution in [0.5, 0.6) is 5.75 Å². The van der Waals surface area contributed by atoms with Crippen LogP contribution in [0.2, 0.25) is 0 Å². The number of sulfonamides is 1. The van der Waals surface area contributed by atoms with Crippen LogP contribution < -0.4 is 20.3 Å². The Hall–Kier alpha value is -2.43. The molecule has 31 heavy (non-hydrogen) atoms. The lowest BCUT2D eigenvalue weighted by molar-refractivity contribution is -0.121. The largest absolute Gasteiger partial charge is 0.494 e. The maximum Gasteiger partial charge on any atom is 0.279 e. The third-order valence-electron chi connectivity index (χ3n) is 4.96. The Kier molecular flexibility index (Phi) is 7.69. The standard InChI is InChI=1S/C21H27N3O5S2/c1-3-29-16-5-7-17(8-6-16)31(27,28)22-11-10-20(25)23-24-21(26)19-13-15-12-14(2)4-9-18(15)30-19/h5-8,13-14,22H,3-4,9-12H2,1-2H3,(H,23,25)(H,24,26). The number of aryl methyl sites for hydroxylation is 1. The molecule has 1 aliphatic carbocycles. The molecule has 2 amide bonds. The monoisotopic (exact) mass is 465 g/mol. The summed E-state index contributed by atoms with van der Waals surface area (Å²) < 4.78 is 32.3. The second-order valence-electron chi connectivity index (χ2n) is 7.46. The first-order valence-corrected chi connectivity index (χ1v) is 12.5. The molecule has 0 fully saturated rings. The molecule has 0 bridgehead atoms. The van der Waals surface area contributed by atoms with Crippen molar-refractivity contribution in [1.29, 1.82) is 0 Å². The lowest BCUT2D eigenvalue weighted by Gasteiger charge is -2.16. The minimum absolute atomic E-state index is 0.0839. The lowest BCUT2D eigenvalue weighted by atomic mass is 9.90. The summed E-state index contributed by atoms with van der Waals surface area (Å²) in [5.74, 6) is 0.342. The molecule has 1 aliphatic rings. The molecule has 2 aromatic rings. The van der Waals surface area contributed by atoms with Gasteiger partial charge >= 0.3 is 0 Å². The number of carbonyl (C=O) groups excluding carboxylic acids is 2. The van der Waals surface area contributed by atoms with E-state index in [0.717, 1.165) is 19.3 Å². The number of rotatable bonds is 8. The zero-order valence-corrected chi connectivity index (χ0v) is 19.2. The Morgan fingerprint density at radius 2 is 1.94 bits per heavy atom. The zero-order chi connectivity index (χ0) is 22.4. The van der Waals surface area contributed by atoms with Crippen LogP contribution in [0.3, 0.4) is 0 Å². The number of carbonyl (C=O) groups is 2. The molecule has 0 aliphatic heterocycles. The number of ether oxygens (including phenoxy) is 1. The molecule has 1 unspecified atom stereocenters. The summed E-state index contributed by atoms with van der Waals surface area (Å²) in [5, 5.41) is 0. The van der Waals surface area contributed by atoms with Crippen LogP contribution in [-0.2, 0) is 27.7 Å². The molecule has 3 N–H and O–H groups in total. The van der Waals surface area contributed by atoms with Crippen molar-refractivity contribution in [2.24, 2.45) is 5.92 Å². The van der Waals surface area contributed by atoms with Crippen LogP contribution in [0.4, 0.5) is 0 Å². The van der Waals surface area contributed by atoms with E-state index in [0.29, 0.717) is 23.2 Å². The second kappa shape index (κ2) is 10.3. The molecule has 1 aromatic heterocycles. The molecular weight excluding hydrogens is 438 g/mol. The van der Waals surface area contributed by atoms with Crippen LogP contribution >= 0.6 is 11.3 Å². The highest BCUT2D eigenvalue weighted by molar-refractivity contribution is 7.89. The molecule has 0 saturated carbocycles. The topological polar surface area (TPSA) is 114 Å². The summed E-state index contributed by atoms with van der Waals surface area (Å²) in [5.41, 5.74) is 5.94. The van der Waals surface area contributed by atoms with E-state index >= 15 is 0 Å². The van der Waals surface area contributed by atoms with Gasteiger partial charge in [0.1, 0.15) is 5.75 Å². The number of amides is 2. The third-order valence-corrected chi connectivity index (χ3v) is 7.67. The summed E-state index contributed by atoms with van der Waals surface area (Å²) in [4.78, 5) is 26.2. The van der Waals surface area contributed by atoms with Gasteiger partial charge in [-0.25, -0.2) is 13.1 Å². The van der Waals surface area contributed by atoms with Crippen LogP contribution in [-0.4, -0.2) is 33.4 Å². The van der Waals surface area contributed by atoms with Crippen LogP contribution in [0.15, 0.2) is 35.2 Å². The molecule has 1 aromatic carbocycles. The molecule has 10 heteroatoms. The SMILES string of the molecule is CCOc1ccc(S(=O)(=O)NCCC(=O)NNC(=O)c2cc3c(s2)CCC(C)C3)cc1. The van der Waals surface area contributed by atoms with E-state index in [2.05, 4.69) is 22.5 Å². The highest BCUT2D eigenvalue weighted by Gasteiger charge is 2.21. The van der Waals surface area contributed by atoms with Gasteiger partial charge in [-0.05, 0) is 68.0 Å². The van der Waals surface area contributed by atoms with Gasteiger partial charge in [-0.3, -0.25) is 20.4 Å². The summed E-state index contributed by atoms with van der Waals surface area (Å²) in [6.07, 6.45) is 2.96. The van der Waals surface area contributed by atoms with E-state index in [-0.39, 0.29) is 23.8 Å². The van der Waals surface area contributed by atoms with Gasteiger partial charge in [0.25, 0.3) is 5.91 Å². The second-order valence-corrected chi connectivity index (χ2v) is 10.4. The van der Waals surface area contributed by atoms with Crippen LogP contribution in [0.25, 0.3) is 0 Å². The van der Waals surface area contributed by atoms with Crippen molar-refractivity contribution in [2.45, 2.75) is 44.4 Å². The van der Waals surface area contributed by atoms with Crippen molar-refractivity contribution in [1.82, 2.24) is 15.6 Å². The molecule has 0 radical (unpaired) electrons. The molecule has 1 heterocycles. The maximum absolute atomic E-state index is 12.3. The Morgan fingerprint density at radius 1 is 1.19 bits per heavy atom. The van der Waals surface area contributed by atoms with E-state index in [1.54, 1.807) is 12.1 Å². The first-order chi connectivity index (χ1) is 14.8. The fourth-order valence-corrected chi connectivity index (χ4v) is 5.47. The Bertz CT molecular complexity index is 1030. The first-order valence-electron chi connectivity index (χ1n) is 10.2. The van der Waals surface area contributed by atoms with Gasteiger partial charge in [0.15, 0.2) is 0 Å². The fraction of sp³-hybridized carbons (Fsp3) is 0.429. The highest BCUT2D eigenvalue weighted by atomic mass is 32.2. The number of hydrogen-bond donors (Lipinski definition) is 3. The van der Waals surface area contributed by atoms with Crippen molar-refractivity contribution in [2.75, 3.05) is 13.2 Å². The van der Waals surface area contributed by atoms with Crippen molar-refractivity contribution in [3.63, 3.8) is 0 Å². The van der Waals surface area contributed by atoms with Gasteiger partial charge in [0.2, 0.25) is 15.9 Å². The van der Waals surface area contributed by atoms with E-state index in [1.807, 2.05) is 13.0 Å². The zero-order valence-electron chi connectivity index (χ0n) is 17.6. The van der Waals surface area contributed by atoms with Crippen molar-refractivity contribution >= 4 is 33.2 Å². The van der Waals surface area contributed by atoms with E-state index in [9.17, 15) is 18.0 Å². The minimum Gasteiger partial charge on any atom is -0.494 e. The van der Waals surface area contributed by atoms with Crippen LogP contribution in [0.1, 0.15) is 46.8 Å². The van der Waals surface area contributed by atoms with Crippen molar-refractivity contribution in [3.8, 4) is 5.75 Å². The molecule has 168 valence electrons. The summed E-state index contributed by atoms with van der Waals surface area (Å²) >= 11 is 1.46. The van der Waals surface area contributed by atoms with E-state index in [4.69, 9.17) is 4.74 Å². The first kappa shape index (κ1) is 23.2. The third kappa shape index (κ3) is 6.28. The lowest BCUT2D eigenvalue weighted by Crippen LogP contribution is -2.42. The Morgan fingerprint density at radius 3 is 2.65 bits per heavy atom. The van der Waals surface area contributed by atoms with Gasteiger partial charge in [0.05, 0.1) is 16.4 Å². The summed E-state index contributed by atoms with van der Waals surface area (Å²) in [6.45, 7) is 4.44. The number of thiophene rings is 1. The van der Waals surface area contributed by atoms with Gasteiger partial charge in [-0.15, -0.1) is 11.3 Å². The summed E-state index contributed by atoms with van der Waals surface area (Å²) in [7, 11) is -3.74. The number of nitrogens with one attached hydrogen (secondary N) is 3. The van der Waals surface area contributed by atoms with Gasteiger partial charge < -0.3 is 4.74 Å². The van der Waals surface area contributed by atoms with Crippen LogP contribution in [0, 0.1) is 5.92 Å². The highest BCUT2D eigenvalue weighted by Crippen LogP contribution is 2.32. The Labute approximate surface area is 186 Å². The molecular formula is C21H27N3O5S2. The number of fused-ring (bicyclic) bond motifs is 1. The smallest absolute Gasteiger partial charge is 0.279 e. The normalized spacial score (nSPS) is 15.7. The number of hydrazine groups is 1. The minimum atomic E-state index is -3.74. The molecule has 1 atom stereocenters. The maximum atomic E-state index is 12.3. The fourth-order valence-electron chi connectivity index (χ4n) is 3.33. The van der Waals surface area contributed by atoms with Gasteiger partial charge in [-0.1, -0.05) is 6.92 Å². The average molecular weight is 466 g/mol. The molecule has 0 saturated heterocycles. The average Bonchev–Trinajstić information content (AvgIpc) is 3.16.